The first kappa shape index (κ1) is 12.1. The Balaban J connectivity index is 2.60. The number of carbonyl (C=O) groups excluding carboxylic acids is 1. The molecule has 4 heteroatoms. The minimum absolute atomic E-state index is 0.323. The molecular weight excluding hydrogens is 233 g/mol. The standard InChI is InChI=1S/C14H12FNO2/c1-18-14(17)12-5-3-2-4-10(12)11-7-6-9(16)8-13(11)15/h2-8H,16H2,1H3. The molecule has 0 aliphatic rings. The summed E-state index contributed by atoms with van der Waals surface area (Å²) in [6.45, 7) is 0. The van der Waals surface area contributed by atoms with Gasteiger partial charge in [-0.3, -0.25) is 0 Å². The van der Waals surface area contributed by atoms with E-state index in [0.717, 1.165) is 0 Å². The zero-order chi connectivity index (χ0) is 13.1. The average molecular weight is 245 g/mol. The summed E-state index contributed by atoms with van der Waals surface area (Å²) in [5.74, 6) is -0.965. The van der Waals surface area contributed by atoms with Crippen molar-refractivity contribution in [3.05, 3.63) is 53.8 Å². The van der Waals surface area contributed by atoms with Crippen LogP contribution in [0, 0.1) is 5.82 Å². The lowest BCUT2D eigenvalue weighted by atomic mass is 9.99. The van der Waals surface area contributed by atoms with E-state index in [0.29, 0.717) is 22.4 Å². The van der Waals surface area contributed by atoms with Crippen molar-refractivity contribution in [2.45, 2.75) is 0 Å². The molecule has 0 heterocycles. The fraction of sp³-hybridized carbons (Fsp3) is 0.0714. The lowest BCUT2D eigenvalue weighted by Crippen LogP contribution is -2.04. The first-order valence-electron chi connectivity index (χ1n) is 5.36. The number of benzene rings is 2. The molecular formula is C14H12FNO2. The lowest BCUT2D eigenvalue weighted by Gasteiger charge is -2.09. The Labute approximate surface area is 104 Å². The van der Waals surface area contributed by atoms with Crippen LogP contribution in [0.2, 0.25) is 0 Å². The number of esters is 1. The van der Waals surface area contributed by atoms with E-state index in [9.17, 15) is 9.18 Å². The van der Waals surface area contributed by atoms with Gasteiger partial charge in [-0.15, -0.1) is 0 Å². The van der Waals surface area contributed by atoms with E-state index in [1.165, 1.54) is 13.2 Å². The molecule has 18 heavy (non-hydrogen) atoms. The van der Waals surface area contributed by atoms with Crippen molar-refractivity contribution >= 4 is 11.7 Å². The van der Waals surface area contributed by atoms with Crippen molar-refractivity contribution in [1.29, 1.82) is 0 Å². The van der Waals surface area contributed by atoms with Gasteiger partial charge in [-0.05, 0) is 29.8 Å². The molecule has 0 spiro atoms. The third kappa shape index (κ3) is 2.18. The molecule has 2 aromatic rings. The normalized spacial score (nSPS) is 10.1. The molecule has 0 aromatic heterocycles. The highest BCUT2D eigenvalue weighted by atomic mass is 19.1. The number of nitrogens with two attached hydrogens (primary N) is 1. The second-order valence-corrected chi connectivity index (χ2v) is 3.78. The van der Waals surface area contributed by atoms with Gasteiger partial charge < -0.3 is 10.5 Å². The quantitative estimate of drug-likeness (QED) is 0.653. The fourth-order valence-corrected chi connectivity index (χ4v) is 1.76. The van der Waals surface area contributed by atoms with Crippen LogP contribution in [0.5, 0.6) is 0 Å². The molecule has 0 amide bonds. The summed E-state index contributed by atoms with van der Waals surface area (Å²) in [6.07, 6.45) is 0. The van der Waals surface area contributed by atoms with Crippen molar-refractivity contribution in [2.24, 2.45) is 0 Å². The Hall–Kier alpha value is -2.36. The number of halogens is 1. The minimum atomic E-state index is -0.498. The molecule has 0 saturated heterocycles. The van der Waals surface area contributed by atoms with Gasteiger partial charge in [0, 0.05) is 11.3 Å². The maximum atomic E-state index is 13.9. The molecule has 0 radical (unpaired) electrons. The molecule has 2 rings (SSSR count). The van der Waals surface area contributed by atoms with E-state index in [4.69, 9.17) is 5.73 Å². The van der Waals surface area contributed by atoms with Crippen LogP contribution < -0.4 is 5.73 Å². The van der Waals surface area contributed by atoms with E-state index >= 15 is 0 Å². The highest BCUT2D eigenvalue weighted by Crippen LogP contribution is 2.28. The molecule has 0 aliphatic heterocycles. The van der Waals surface area contributed by atoms with Gasteiger partial charge in [0.05, 0.1) is 12.7 Å². The predicted octanol–water partition coefficient (Wildman–Crippen LogP) is 2.86. The Morgan fingerprint density at radius 3 is 2.56 bits per heavy atom. The monoisotopic (exact) mass is 245 g/mol. The third-order valence-corrected chi connectivity index (χ3v) is 2.62. The molecule has 2 aromatic carbocycles. The van der Waals surface area contributed by atoms with E-state index < -0.39 is 11.8 Å². The van der Waals surface area contributed by atoms with Crippen LogP contribution in [-0.2, 0) is 4.74 Å². The summed E-state index contributed by atoms with van der Waals surface area (Å²) >= 11 is 0. The lowest BCUT2D eigenvalue weighted by molar-refractivity contribution is 0.0601. The Morgan fingerprint density at radius 1 is 1.17 bits per heavy atom. The van der Waals surface area contributed by atoms with Crippen LogP contribution in [-0.4, -0.2) is 13.1 Å². The second-order valence-electron chi connectivity index (χ2n) is 3.78. The van der Waals surface area contributed by atoms with Gasteiger partial charge >= 0.3 is 5.97 Å². The van der Waals surface area contributed by atoms with Crippen LogP contribution in [0.1, 0.15) is 10.4 Å². The molecule has 0 saturated carbocycles. The molecule has 3 nitrogen and oxygen atoms in total. The molecule has 0 aliphatic carbocycles. The zero-order valence-corrected chi connectivity index (χ0v) is 9.81. The molecule has 92 valence electrons. The summed E-state index contributed by atoms with van der Waals surface area (Å²) in [4.78, 5) is 11.6. The van der Waals surface area contributed by atoms with Crippen molar-refractivity contribution < 1.29 is 13.9 Å². The fourth-order valence-electron chi connectivity index (χ4n) is 1.76. The highest BCUT2D eigenvalue weighted by molar-refractivity contribution is 5.97. The topological polar surface area (TPSA) is 52.3 Å². The van der Waals surface area contributed by atoms with Crippen molar-refractivity contribution in [1.82, 2.24) is 0 Å². The number of carbonyl (C=O) groups is 1. The summed E-state index contributed by atoms with van der Waals surface area (Å²) < 4.78 is 18.5. The number of hydrogen-bond acceptors (Lipinski definition) is 3. The number of methoxy groups -OCH3 is 1. The minimum Gasteiger partial charge on any atom is -0.465 e. The van der Waals surface area contributed by atoms with E-state index in [2.05, 4.69) is 4.74 Å². The summed E-state index contributed by atoms with van der Waals surface area (Å²) in [5.41, 5.74) is 6.97. The first-order chi connectivity index (χ1) is 8.63. The molecule has 2 N–H and O–H groups in total. The van der Waals surface area contributed by atoms with Gasteiger partial charge in [-0.1, -0.05) is 18.2 Å². The second kappa shape index (κ2) is 4.87. The van der Waals surface area contributed by atoms with Crippen molar-refractivity contribution in [3.8, 4) is 11.1 Å². The molecule has 0 atom stereocenters. The smallest absolute Gasteiger partial charge is 0.338 e. The summed E-state index contributed by atoms with van der Waals surface area (Å²) in [6, 6.07) is 11.1. The Kier molecular flexibility index (Phi) is 3.28. The summed E-state index contributed by atoms with van der Waals surface area (Å²) in [7, 11) is 1.29. The van der Waals surface area contributed by atoms with Gasteiger partial charge in [-0.25, -0.2) is 9.18 Å². The third-order valence-electron chi connectivity index (χ3n) is 2.62. The van der Waals surface area contributed by atoms with Gasteiger partial charge in [0.15, 0.2) is 0 Å². The number of anilines is 1. The number of rotatable bonds is 2. The van der Waals surface area contributed by atoms with Gasteiger partial charge in [0.1, 0.15) is 5.82 Å². The Bertz CT molecular complexity index is 596. The summed E-state index contributed by atoms with van der Waals surface area (Å²) in [5, 5.41) is 0. The van der Waals surface area contributed by atoms with Crippen LogP contribution in [0.3, 0.4) is 0 Å². The maximum absolute atomic E-state index is 13.9. The van der Waals surface area contributed by atoms with Gasteiger partial charge in [0.25, 0.3) is 0 Å². The van der Waals surface area contributed by atoms with Crippen LogP contribution in [0.25, 0.3) is 11.1 Å². The molecule has 0 unspecified atom stereocenters. The largest absolute Gasteiger partial charge is 0.465 e. The number of nitrogen functional groups attached to an aromatic ring is 1. The first-order valence-corrected chi connectivity index (χ1v) is 5.36. The zero-order valence-electron chi connectivity index (χ0n) is 9.81. The van der Waals surface area contributed by atoms with Crippen LogP contribution >= 0.6 is 0 Å². The average Bonchev–Trinajstić information content (AvgIpc) is 2.38. The van der Waals surface area contributed by atoms with E-state index in [1.807, 2.05) is 0 Å². The van der Waals surface area contributed by atoms with Crippen LogP contribution in [0.4, 0.5) is 10.1 Å². The van der Waals surface area contributed by atoms with Gasteiger partial charge in [0.2, 0.25) is 0 Å². The SMILES string of the molecule is COC(=O)c1ccccc1-c1ccc(N)cc1F. The molecule has 0 fully saturated rings. The van der Waals surface area contributed by atoms with Gasteiger partial charge in [-0.2, -0.15) is 0 Å². The van der Waals surface area contributed by atoms with Crippen molar-refractivity contribution in [3.63, 3.8) is 0 Å². The van der Waals surface area contributed by atoms with Crippen molar-refractivity contribution in [2.75, 3.05) is 12.8 Å². The predicted molar refractivity (Wildman–Crippen MR) is 67.6 cm³/mol. The van der Waals surface area contributed by atoms with Crippen LogP contribution in [0.15, 0.2) is 42.5 Å². The van der Waals surface area contributed by atoms with E-state index in [-0.39, 0.29) is 0 Å². The maximum Gasteiger partial charge on any atom is 0.338 e. The Morgan fingerprint density at radius 2 is 1.89 bits per heavy atom. The highest BCUT2D eigenvalue weighted by Gasteiger charge is 2.15. The number of hydrogen-bond donors (Lipinski definition) is 1. The van der Waals surface area contributed by atoms with E-state index in [1.54, 1.807) is 36.4 Å². The number of ether oxygens (including phenoxy) is 1. The molecule has 0 bridgehead atoms.